The van der Waals surface area contributed by atoms with Crippen molar-refractivity contribution in [3.05, 3.63) is 108 Å². The Kier molecular flexibility index (Phi) is 9.50. The Labute approximate surface area is 269 Å². The van der Waals surface area contributed by atoms with Crippen molar-refractivity contribution in [2.24, 2.45) is 0 Å². The highest BCUT2D eigenvalue weighted by Gasteiger charge is 2.31. The molecule has 0 radical (unpaired) electrons. The number of nitriles is 1. The third kappa shape index (κ3) is 6.78. The topological polar surface area (TPSA) is 112 Å². The summed E-state index contributed by atoms with van der Waals surface area (Å²) < 4.78 is 83.2. The van der Waals surface area contributed by atoms with E-state index in [0.717, 1.165) is 35.3 Å². The second-order valence-electron chi connectivity index (χ2n) is 10.2. The summed E-state index contributed by atoms with van der Waals surface area (Å²) in [7, 11) is -3.87. The molecule has 0 spiro atoms. The number of halogens is 5. The minimum absolute atomic E-state index is 0.0188. The molecule has 0 aliphatic carbocycles. The average Bonchev–Trinajstić information content (AvgIpc) is 3.34. The zero-order chi connectivity index (χ0) is 33.2. The molecule has 15 heteroatoms. The largest absolute Gasteiger partial charge is 0.416 e. The van der Waals surface area contributed by atoms with E-state index >= 15 is 0 Å². The second-order valence-corrected chi connectivity index (χ2v) is 13.5. The van der Waals surface area contributed by atoms with Crippen molar-refractivity contribution in [2.45, 2.75) is 30.3 Å². The van der Waals surface area contributed by atoms with Crippen LogP contribution < -0.4 is 20.1 Å². The third-order valence-corrected chi connectivity index (χ3v) is 10.4. The summed E-state index contributed by atoms with van der Waals surface area (Å²) in [5.74, 6) is -1.85. The first-order valence-electron chi connectivity index (χ1n) is 13.7. The monoisotopic (exact) mass is 690 g/mol. The fourth-order valence-corrected chi connectivity index (χ4v) is 7.73. The number of hydrogen-bond acceptors (Lipinski definition) is 6. The van der Waals surface area contributed by atoms with Crippen LogP contribution in [-0.4, -0.2) is 36.3 Å². The van der Waals surface area contributed by atoms with Crippen LogP contribution in [0.15, 0.2) is 76.4 Å². The van der Waals surface area contributed by atoms with E-state index < -0.39 is 44.6 Å². The Hall–Kier alpha value is -4.29. The lowest BCUT2D eigenvalue weighted by molar-refractivity contribution is -0.137. The first kappa shape index (κ1) is 33.1. The van der Waals surface area contributed by atoms with E-state index in [-0.39, 0.29) is 36.1 Å². The van der Waals surface area contributed by atoms with Crippen LogP contribution in [-0.2, 0) is 21.0 Å². The number of thiazole rings is 1. The van der Waals surface area contributed by atoms with Gasteiger partial charge in [-0.2, -0.15) is 22.7 Å². The maximum atomic E-state index is 14.6. The summed E-state index contributed by atoms with van der Waals surface area (Å²) in [6.07, 6.45) is -1.35. The SMILES string of the molecule is N#C/C(C(=O)Nc1cccc(S(=O)(=O)N2CCCCC2)c1)=c1/s/c(=C\c2c(F)cccc2Cl)c(=O)n1-c1cccc(C(F)(F)F)c1. The molecule has 1 fully saturated rings. The Morgan fingerprint density at radius 3 is 2.39 bits per heavy atom. The summed E-state index contributed by atoms with van der Waals surface area (Å²) in [6, 6.07) is 14.6. The number of alkyl halides is 3. The summed E-state index contributed by atoms with van der Waals surface area (Å²) in [6.45, 7) is 0.711. The van der Waals surface area contributed by atoms with Gasteiger partial charge in [-0.3, -0.25) is 14.2 Å². The minimum atomic E-state index is -4.77. The van der Waals surface area contributed by atoms with Gasteiger partial charge in [0.2, 0.25) is 10.0 Å². The molecule has 0 bridgehead atoms. The van der Waals surface area contributed by atoms with Gasteiger partial charge >= 0.3 is 6.18 Å². The predicted octanol–water partition coefficient (Wildman–Crippen LogP) is 5.03. The van der Waals surface area contributed by atoms with Gasteiger partial charge < -0.3 is 5.32 Å². The molecule has 1 aliphatic rings. The molecule has 238 valence electrons. The number of benzene rings is 3. The molecule has 1 aromatic heterocycles. The van der Waals surface area contributed by atoms with Crippen LogP contribution in [0, 0.1) is 17.1 Å². The molecule has 3 aromatic carbocycles. The second kappa shape index (κ2) is 13.2. The van der Waals surface area contributed by atoms with Crippen molar-refractivity contribution in [2.75, 3.05) is 18.4 Å². The molecule has 2 heterocycles. The Morgan fingerprint density at radius 1 is 1.02 bits per heavy atom. The molecule has 8 nitrogen and oxygen atoms in total. The van der Waals surface area contributed by atoms with Gasteiger partial charge in [0.25, 0.3) is 11.5 Å². The molecule has 0 saturated carbocycles. The average molecular weight is 691 g/mol. The predicted molar refractivity (Wildman–Crippen MR) is 166 cm³/mol. The molecule has 0 unspecified atom stereocenters. The van der Waals surface area contributed by atoms with E-state index in [9.17, 15) is 40.8 Å². The van der Waals surface area contributed by atoms with Crippen LogP contribution in [0.4, 0.5) is 23.2 Å². The van der Waals surface area contributed by atoms with Crippen molar-refractivity contribution in [3.63, 3.8) is 0 Å². The van der Waals surface area contributed by atoms with Gasteiger partial charge in [-0.25, -0.2) is 12.8 Å². The highest BCUT2D eigenvalue weighted by molar-refractivity contribution is 7.89. The van der Waals surface area contributed by atoms with E-state index in [4.69, 9.17) is 11.6 Å². The Bertz CT molecular complexity index is 2150. The lowest BCUT2D eigenvalue weighted by Crippen LogP contribution is -2.35. The zero-order valence-corrected chi connectivity index (χ0v) is 26.0. The molecule has 1 N–H and O–H groups in total. The van der Waals surface area contributed by atoms with Crippen molar-refractivity contribution < 1.29 is 30.8 Å². The number of amides is 1. The van der Waals surface area contributed by atoms with Crippen LogP contribution in [0.5, 0.6) is 0 Å². The first-order chi connectivity index (χ1) is 21.8. The molecular formula is C31H23ClF4N4O4S2. The number of piperidine rings is 1. The number of hydrogen-bond donors (Lipinski definition) is 1. The fraction of sp³-hybridized carbons (Fsp3) is 0.194. The number of anilines is 1. The highest BCUT2D eigenvalue weighted by Crippen LogP contribution is 2.30. The quantitative estimate of drug-likeness (QED) is 0.286. The summed E-state index contributed by atoms with van der Waals surface area (Å²) in [5.41, 5.74) is -3.16. The van der Waals surface area contributed by atoms with Gasteiger partial charge in [0.15, 0.2) is 5.57 Å². The van der Waals surface area contributed by atoms with Gasteiger partial charge in [-0.15, -0.1) is 11.3 Å². The summed E-state index contributed by atoms with van der Waals surface area (Å²) in [5, 5.41) is 12.5. The number of rotatable bonds is 6. The van der Waals surface area contributed by atoms with Crippen molar-refractivity contribution in [1.82, 2.24) is 8.87 Å². The molecule has 0 atom stereocenters. The molecule has 46 heavy (non-hydrogen) atoms. The van der Waals surface area contributed by atoms with E-state index in [1.807, 2.05) is 0 Å². The lowest BCUT2D eigenvalue weighted by Gasteiger charge is -2.26. The van der Waals surface area contributed by atoms with E-state index in [1.54, 1.807) is 6.07 Å². The maximum Gasteiger partial charge on any atom is 0.416 e. The molecular weight excluding hydrogens is 668 g/mol. The van der Waals surface area contributed by atoms with E-state index in [2.05, 4.69) is 5.32 Å². The standard InChI is InChI=1S/C31H23ClF4N4O4S2/c32-25-11-6-12-26(33)23(25)17-27-29(42)40(21-9-4-7-19(15-21)31(34,35)36)30(45-27)24(18-37)28(41)38-20-8-5-10-22(16-20)46(43,44)39-13-2-1-3-14-39/h4-12,15-17H,1-3,13-14H2,(H,38,41)/b27-17-,30-24-. The van der Waals surface area contributed by atoms with Gasteiger partial charge in [-0.05, 0) is 67.4 Å². The Balaban J connectivity index is 1.66. The summed E-state index contributed by atoms with van der Waals surface area (Å²) >= 11 is 6.69. The van der Waals surface area contributed by atoms with Crippen molar-refractivity contribution >= 4 is 56.2 Å². The van der Waals surface area contributed by atoms with Crippen LogP contribution in [0.25, 0.3) is 17.3 Å². The van der Waals surface area contributed by atoms with E-state index in [0.29, 0.717) is 43.3 Å². The third-order valence-electron chi connectivity index (χ3n) is 7.13. The zero-order valence-electron chi connectivity index (χ0n) is 23.6. The summed E-state index contributed by atoms with van der Waals surface area (Å²) in [4.78, 5) is 27.1. The van der Waals surface area contributed by atoms with Crippen LogP contribution >= 0.6 is 22.9 Å². The normalized spacial score (nSPS) is 15.3. The van der Waals surface area contributed by atoms with Crippen molar-refractivity contribution in [1.29, 1.82) is 5.26 Å². The van der Waals surface area contributed by atoms with Gasteiger partial charge in [0, 0.05) is 24.3 Å². The lowest BCUT2D eigenvalue weighted by atomic mass is 10.2. The number of carbonyl (C=O) groups is 1. The molecule has 1 aliphatic heterocycles. The van der Waals surface area contributed by atoms with Gasteiger partial charge in [-0.1, -0.05) is 36.2 Å². The van der Waals surface area contributed by atoms with Gasteiger partial charge in [0.1, 0.15) is 16.5 Å². The van der Waals surface area contributed by atoms with E-state index in [1.165, 1.54) is 46.8 Å². The smallest absolute Gasteiger partial charge is 0.321 e. The van der Waals surface area contributed by atoms with Crippen LogP contribution in [0.3, 0.4) is 0 Å². The van der Waals surface area contributed by atoms with Gasteiger partial charge in [0.05, 0.1) is 25.7 Å². The number of aromatic nitrogens is 1. The number of nitrogens with zero attached hydrogens (tertiary/aromatic N) is 3. The Morgan fingerprint density at radius 2 is 1.72 bits per heavy atom. The number of sulfonamides is 1. The van der Waals surface area contributed by atoms with Crippen LogP contribution in [0.2, 0.25) is 5.02 Å². The molecule has 5 rings (SSSR count). The highest BCUT2D eigenvalue weighted by atomic mass is 35.5. The number of nitrogens with one attached hydrogen (secondary N) is 1. The minimum Gasteiger partial charge on any atom is -0.321 e. The first-order valence-corrected chi connectivity index (χ1v) is 16.4. The fourth-order valence-electron chi connectivity index (χ4n) is 4.86. The van der Waals surface area contributed by atoms with Crippen molar-refractivity contribution in [3.8, 4) is 11.8 Å². The van der Waals surface area contributed by atoms with Crippen LogP contribution in [0.1, 0.15) is 30.4 Å². The molecule has 1 saturated heterocycles. The molecule has 1 amide bonds. The molecule has 4 aromatic rings. The number of carbonyl (C=O) groups excluding carboxylic acids is 1. The maximum absolute atomic E-state index is 14.6.